The molecule has 2 aliphatic heterocycles. The van der Waals surface area contributed by atoms with Crippen molar-refractivity contribution in [1.29, 1.82) is 0 Å². The second-order valence-electron chi connectivity index (χ2n) is 6.80. The number of ether oxygens (including phenoxy) is 2. The Hall–Kier alpha value is -2.41. The summed E-state index contributed by atoms with van der Waals surface area (Å²) < 4.78 is 16.6. The van der Waals surface area contributed by atoms with E-state index in [1.54, 1.807) is 12.4 Å². The molecule has 7 nitrogen and oxygen atoms in total. The normalized spacial score (nSPS) is 22.2. The first-order valence-electron chi connectivity index (χ1n) is 8.56. The minimum Gasteiger partial charge on any atom is -0.489 e. The fourth-order valence-corrected chi connectivity index (χ4v) is 3.64. The van der Waals surface area contributed by atoms with Gasteiger partial charge in [0.15, 0.2) is 12.1 Å². The summed E-state index contributed by atoms with van der Waals surface area (Å²) in [5, 5.41) is 0. The molecule has 0 radical (unpaired) electrons. The summed E-state index contributed by atoms with van der Waals surface area (Å²) in [6.45, 7) is 2.73. The molecule has 7 heteroatoms. The van der Waals surface area contributed by atoms with Crippen molar-refractivity contribution < 1.29 is 18.7 Å². The molecule has 0 bridgehead atoms. The van der Waals surface area contributed by atoms with Crippen molar-refractivity contribution in [3.8, 4) is 5.75 Å². The van der Waals surface area contributed by atoms with Gasteiger partial charge in [0.25, 0.3) is 5.91 Å². The van der Waals surface area contributed by atoms with Gasteiger partial charge < -0.3 is 18.8 Å². The fourth-order valence-electron chi connectivity index (χ4n) is 3.64. The number of rotatable bonds is 4. The third-order valence-corrected chi connectivity index (χ3v) is 5.12. The summed E-state index contributed by atoms with van der Waals surface area (Å²) in [5.74, 6) is 0.707. The van der Waals surface area contributed by atoms with Crippen LogP contribution in [0, 0.1) is 5.41 Å². The van der Waals surface area contributed by atoms with Crippen LogP contribution < -0.4 is 4.74 Å². The number of pyridine rings is 1. The highest BCUT2D eigenvalue weighted by Crippen LogP contribution is 2.42. The molecule has 0 aliphatic carbocycles. The number of carbonyl (C=O) groups excluding carboxylic acids is 1. The van der Waals surface area contributed by atoms with Gasteiger partial charge in [0, 0.05) is 19.3 Å². The van der Waals surface area contributed by atoms with Gasteiger partial charge in [-0.1, -0.05) is 0 Å². The van der Waals surface area contributed by atoms with Crippen molar-refractivity contribution in [1.82, 2.24) is 14.9 Å². The lowest BCUT2D eigenvalue weighted by molar-refractivity contribution is 0.0425. The van der Waals surface area contributed by atoms with Gasteiger partial charge in [0.2, 0.25) is 0 Å². The molecule has 0 N–H and O–H groups in total. The minimum atomic E-state index is -0.0565. The molecular weight excluding hydrogens is 322 g/mol. The quantitative estimate of drug-likeness (QED) is 0.846. The summed E-state index contributed by atoms with van der Waals surface area (Å²) in [7, 11) is 0. The number of aromatic nitrogens is 2. The molecule has 1 spiro atoms. The first kappa shape index (κ1) is 16.1. The predicted octanol–water partition coefficient (Wildman–Crippen LogP) is 2.16. The Morgan fingerprint density at radius 2 is 2.28 bits per heavy atom. The SMILES string of the molecule is O=C(c1cocn1)N1CCC2(CC1)COC(COc1cccnc1)C2. The van der Waals surface area contributed by atoms with Crippen LogP contribution in [0.5, 0.6) is 5.75 Å². The first-order valence-corrected chi connectivity index (χ1v) is 8.56. The number of carbonyl (C=O) groups is 1. The van der Waals surface area contributed by atoms with Gasteiger partial charge in [-0.05, 0) is 36.8 Å². The van der Waals surface area contributed by atoms with Crippen molar-refractivity contribution in [3.05, 3.63) is 42.9 Å². The van der Waals surface area contributed by atoms with Crippen molar-refractivity contribution in [2.24, 2.45) is 5.41 Å². The lowest BCUT2D eigenvalue weighted by atomic mass is 9.76. The molecule has 25 heavy (non-hydrogen) atoms. The van der Waals surface area contributed by atoms with Crippen LogP contribution >= 0.6 is 0 Å². The summed E-state index contributed by atoms with van der Waals surface area (Å²) in [6, 6.07) is 3.75. The molecule has 0 saturated carbocycles. The highest BCUT2D eigenvalue weighted by molar-refractivity contribution is 5.91. The van der Waals surface area contributed by atoms with Crippen LogP contribution in [0.2, 0.25) is 0 Å². The van der Waals surface area contributed by atoms with Crippen molar-refractivity contribution >= 4 is 5.91 Å². The summed E-state index contributed by atoms with van der Waals surface area (Å²) in [4.78, 5) is 22.2. The van der Waals surface area contributed by atoms with Crippen LogP contribution in [-0.2, 0) is 4.74 Å². The highest BCUT2D eigenvalue weighted by atomic mass is 16.5. The van der Waals surface area contributed by atoms with Crippen molar-refractivity contribution in [2.75, 3.05) is 26.3 Å². The van der Waals surface area contributed by atoms with E-state index in [9.17, 15) is 4.79 Å². The van der Waals surface area contributed by atoms with Crippen LogP contribution in [0.4, 0.5) is 0 Å². The van der Waals surface area contributed by atoms with E-state index in [-0.39, 0.29) is 17.4 Å². The van der Waals surface area contributed by atoms with Gasteiger partial charge in [-0.3, -0.25) is 9.78 Å². The van der Waals surface area contributed by atoms with E-state index in [0.29, 0.717) is 12.3 Å². The fraction of sp³-hybridized carbons (Fsp3) is 0.500. The van der Waals surface area contributed by atoms with E-state index in [2.05, 4.69) is 9.97 Å². The standard InChI is InChI=1S/C18H21N3O4/c22-17(16-11-23-13-20-16)21-6-3-18(4-7-21)8-15(25-12-18)10-24-14-2-1-5-19-9-14/h1-2,5,9,11,13,15H,3-4,6-8,10,12H2. The number of oxazole rings is 1. The summed E-state index contributed by atoms with van der Waals surface area (Å²) in [6.07, 6.45) is 9.08. The zero-order valence-corrected chi connectivity index (χ0v) is 14.0. The number of hydrogen-bond donors (Lipinski definition) is 0. The highest BCUT2D eigenvalue weighted by Gasteiger charge is 2.43. The van der Waals surface area contributed by atoms with Gasteiger partial charge in [-0.25, -0.2) is 4.98 Å². The largest absolute Gasteiger partial charge is 0.489 e. The number of nitrogens with zero attached hydrogens (tertiary/aromatic N) is 3. The Labute approximate surface area is 146 Å². The summed E-state index contributed by atoms with van der Waals surface area (Å²) >= 11 is 0. The maximum Gasteiger partial charge on any atom is 0.275 e. The Bertz CT molecular complexity index is 696. The third kappa shape index (κ3) is 3.51. The molecule has 2 aromatic rings. The Kier molecular flexibility index (Phi) is 4.40. The lowest BCUT2D eigenvalue weighted by Crippen LogP contribution is -2.43. The molecule has 0 aromatic carbocycles. The van der Waals surface area contributed by atoms with Gasteiger partial charge in [0.1, 0.15) is 18.6 Å². The number of likely N-dealkylation sites (tertiary alicyclic amines) is 1. The molecule has 1 amide bonds. The predicted molar refractivity (Wildman–Crippen MR) is 88.2 cm³/mol. The summed E-state index contributed by atoms with van der Waals surface area (Å²) in [5.41, 5.74) is 0.533. The molecule has 4 rings (SSSR count). The Morgan fingerprint density at radius 1 is 1.40 bits per heavy atom. The van der Waals surface area contributed by atoms with Crippen molar-refractivity contribution in [3.63, 3.8) is 0 Å². The second kappa shape index (κ2) is 6.84. The average molecular weight is 343 g/mol. The lowest BCUT2D eigenvalue weighted by Gasteiger charge is -2.38. The molecular formula is C18H21N3O4. The van der Waals surface area contributed by atoms with Gasteiger partial charge >= 0.3 is 0 Å². The molecule has 4 heterocycles. The molecule has 2 fully saturated rings. The molecule has 2 saturated heterocycles. The van der Waals surface area contributed by atoms with E-state index >= 15 is 0 Å². The number of hydrogen-bond acceptors (Lipinski definition) is 6. The second-order valence-corrected chi connectivity index (χ2v) is 6.80. The minimum absolute atomic E-state index is 0.0565. The zero-order valence-electron chi connectivity index (χ0n) is 14.0. The van der Waals surface area contributed by atoms with Gasteiger partial charge in [-0.2, -0.15) is 0 Å². The van der Waals surface area contributed by atoms with Crippen LogP contribution in [0.25, 0.3) is 0 Å². The molecule has 2 aromatic heterocycles. The van der Waals surface area contributed by atoms with Crippen molar-refractivity contribution in [2.45, 2.75) is 25.4 Å². The van der Waals surface area contributed by atoms with Crippen LogP contribution in [-0.4, -0.2) is 53.2 Å². The van der Waals surface area contributed by atoms with Crippen LogP contribution in [0.15, 0.2) is 41.6 Å². The molecule has 1 unspecified atom stereocenters. The first-order chi connectivity index (χ1) is 12.2. The molecule has 132 valence electrons. The third-order valence-electron chi connectivity index (χ3n) is 5.12. The Morgan fingerprint density at radius 3 is 3.00 bits per heavy atom. The molecule has 2 aliphatic rings. The topological polar surface area (TPSA) is 77.7 Å². The monoisotopic (exact) mass is 343 g/mol. The molecule has 1 atom stereocenters. The average Bonchev–Trinajstić information content (AvgIpc) is 3.32. The van der Waals surface area contributed by atoms with E-state index in [0.717, 1.165) is 44.7 Å². The van der Waals surface area contributed by atoms with E-state index in [4.69, 9.17) is 13.9 Å². The smallest absolute Gasteiger partial charge is 0.275 e. The van der Waals surface area contributed by atoms with Crippen LogP contribution in [0.3, 0.4) is 0 Å². The maximum absolute atomic E-state index is 12.3. The van der Waals surface area contributed by atoms with E-state index in [1.165, 1.54) is 12.7 Å². The van der Waals surface area contributed by atoms with Gasteiger partial charge in [-0.15, -0.1) is 0 Å². The zero-order chi connectivity index (χ0) is 17.1. The van der Waals surface area contributed by atoms with E-state index < -0.39 is 0 Å². The maximum atomic E-state index is 12.3. The van der Waals surface area contributed by atoms with E-state index in [1.807, 2.05) is 17.0 Å². The number of piperidine rings is 1. The number of amides is 1. The van der Waals surface area contributed by atoms with Crippen LogP contribution in [0.1, 0.15) is 29.8 Å². The van der Waals surface area contributed by atoms with Gasteiger partial charge in [0.05, 0.1) is 18.9 Å². The Balaban J connectivity index is 1.28.